The summed E-state index contributed by atoms with van der Waals surface area (Å²) >= 11 is 0. The molecule has 0 spiro atoms. The van der Waals surface area contributed by atoms with Gasteiger partial charge < -0.3 is 14.7 Å². The van der Waals surface area contributed by atoms with Crippen LogP contribution in [0.1, 0.15) is 23.3 Å². The molecule has 1 aliphatic rings. The topological polar surface area (TPSA) is 62.7 Å². The molecule has 1 aromatic rings. The van der Waals surface area contributed by atoms with Crippen LogP contribution in [0.3, 0.4) is 0 Å². The van der Waals surface area contributed by atoms with Gasteiger partial charge in [0.15, 0.2) is 5.69 Å². The molecule has 0 saturated carbocycles. The van der Waals surface area contributed by atoms with E-state index in [2.05, 4.69) is 4.98 Å². The predicted molar refractivity (Wildman–Crippen MR) is 63.4 cm³/mol. The molecule has 5 heteroatoms. The fourth-order valence-corrected chi connectivity index (χ4v) is 1.94. The Hall–Kier alpha value is -1.62. The number of hydrogen-bond acceptors (Lipinski definition) is 4. The standard InChI is InChI=1S/C12H16N2O3/c1-14(8-9-4-3-7-17-9)11-6-2-5-10(13-11)12(15)16/h2,5-6,9H,3-4,7-8H2,1H3,(H,15,16)/t9-/m1/s1. The van der Waals surface area contributed by atoms with Gasteiger partial charge in [0.05, 0.1) is 6.10 Å². The Morgan fingerprint density at radius 2 is 2.47 bits per heavy atom. The fourth-order valence-electron chi connectivity index (χ4n) is 1.94. The minimum absolute atomic E-state index is 0.0710. The first kappa shape index (κ1) is 11.9. The lowest BCUT2D eigenvalue weighted by molar-refractivity contribution is 0.0690. The monoisotopic (exact) mass is 236 g/mol. The van der Waals surface area contributed by atoms with Gasteiger partial charge in [-0.1, -0.05) is 6.07 Å². The van der Waals surface area contributed by atoms with Gasteiger partial charge in [0.25, 0.3) is 0 Å². The molecule has 1 aliphatic heterocycles. The molecule has 1 atom stereocenters. The highest BCUT2D eigenvalue weighted by Gasteiger charge is 2.18. The zero-order valence-corrected chi connectivity index (χ0v) is 9.80. The van der Waals surface area contributed by atoms with E-state index < -0.39 is 5.97 Å². The zero-order chi connectivity index (χ0) is 12.3. The average Bonchev–Trinajstić information content (AvgIpc) is 2.82. The Morgan fingerprint density at radius 3 is 3.12 bits per heavy atom. The molecule has 2 rings (SSSR count). The van der Waals surface area contributed by atoms with Crippen molar-refractivity contribution in [2.75, 3.05) is 25.1 Å². The molecule has 5 nitrogen and oxygen atoms in total. The number of carbonyl (C=O) groups is 1. The summed E-state index contributed by atoms with van der Waals surface area (Å²) in [7, 11) is 1.90. The number of likely N-dealkylation sites (N-methyl/N-ethyl adjacent to an activating group) is 1. The van der Waals surface area contributed by atoms with Crippen LogP contribution in [0.5, 0.6) is 0 Å². The van der Waals surface area contributed by atoms with Crippen LogP contribution in [0.15, 0.2) is 18.2 Å². The molecule has 0 aromatic carbocycles. The van der Waals surface area contributed by atoms with Crippen molar-refractivity contribution >= 4 is 11.8 Å². The second-order valence-electron chi connectivity index (χ2n) is 4.20. The largest absolute Gasteiger partial charge is 0.477 e. The third-order valence-electron chi connectivity index (χ3n) is 2.85. The molecule has 0 unspecified atom stereocenters. The summed E-state index contributed by atoms with van der Waals surface area (Å²) in [4.78, 5) is 16.8. The maximum atomic E-state index is 10.8. The quantitative estimate of drug-likeness (QED) is 0.856. The minimum Gasteiger partial charge on any atom is -0.477 e. The molecule has 0 bridgehead atoms. The summed E-state index contributed by atoms with van der Waals surface area (Å²) < 4.78 is 5.54. The molecular formula is C12H16N2O3. The molecule has 0 radical (unpaired) electrons. The van der Waals surface area contributed by atoms with E-state index in [4.69, 9.17) is 9.84 Å². The molecular weight excluding hydrogens is 220 g/mol. The molecule has 2 heterocycles. The number of hydrogen-bond donors (Lipinski definition) is 1. The van der Waals surface area contributed by atoms with E-state index >= 15 is 0 Å². The molecule has 1 saturated heterocycles. The maximum absolute atomic E-state index is 10.8. The summed E-state index contributed by atoms with van der Waals surface area (Å²) in [5.41, 5.74) is 0.0710. The van der Waals surface area contributed by atoms with Crippen LogP contribution in [0.2, 0.25) is 0 Å². The Bertz CT molecular complexity index is 402. The predicted octanol–water partition coefficient (Wildman–Crippen LogP) is 1.40. The van der Waals surface area contributed by atoms with Crippen molar-refractivity contribution in [2.45, 2.75) is 18.9 Å². The lowest BCUT2D eigenvalue weighted by atomic mass is 10.2. The first-order chi connectivity index (χ1) is 8.16. The van der Waals surface area contributed by atoms with Crippen molar-refractivity contribution in [2.24, 2.45) is 0 Å². The Labute approximate surface area is 100 Å². The van der Waals surface area contributed by atoms with Crippen LogP contribution >= 0.6 is 0 Å². The summed E-state index contributed by atoms with van der Waals surface area (Å²) in [6.45, 7) is 1.57. The normalized spacial score (nSPS) is 19.2. The second kappa shape index (κ2) is 5.14. The zero-order valence-electron chi connectivity index (χ0n) is 9.80. The number of ether oxygens (including phenoxy) is 1. The molecule has 1 N–H and O–H groups in total. The Kier molecular flexibility index (Phi) is 3.58. The van der Waals surface area contributed by atoms with Gasteiger partial charge in [0, 0.05) is 20.2 Å². The van der Waals surface area contributed by atoms with E-state index in [-0.39, 0.29) is 11.8 Å². The van der Waals surface area contributed by atoms with Crippen LogP contribution in [-0.2, 0) is 4.74 Å². The van der Waals surface area contributed by atoms with Gasteiger partial charge in [-0.25, -0.2) is 9.78 Å². The van der Waals surface area contributed by atoms with Gasteiger partial charge in [0.2, 0.25) is 0 Å². The van der Waals surface area contributed by atoms with E-state index in [1.807, 2.05) is 11.9 Å². The van der Waals surface area contributed by atoms with Crippen molar-refractivity contribution in [3.8, 4) is 0 Å². The maximum Gasteiger partial charge on any atom is 0.354 e. The minimum atomic E-state index is -1.00. The van der Waals surface area contributed by atoms with Crippen LogP contribution in [0.4, 0.5) is 5.82 Å². The van der Waals surface area contributed by atoms with E-state index in [1.54, 1.807) is 12.1 Å². The number of anilines is 1. The lowest BCUT2D eigenvalue weighted by Gasteiger charge is -2.21. The molecule has 1 aromatic heterocycles. The number of rotatable bonds is 4. The van der Waals surface area contributed by atoms with Gasteiger partial charge >= 0.3 is 5.97 Å². The summed E-state index contributed by atoms with van der Waals surface area (Å²) in [5.74, 6) is -0.335. The van der Waals surface area contributed by atoms with Crippen molar-refractivity contribution < 1.29 is 14.6 Å². The van der Waals surface area contributed by atoms with E-state index in [1.165, 1.54) is 6.07 Å². The molecule has 1 fully saturated rings. The average molecular weight is 236 g/mol. The van der Waals surface area contributed by atoms with E-state index in [9.17, 15) is 4.79 Å². The first-order valence-electron chi connectivity index (χ1n) is 5.70. The molecule has 0 amide bonds. The van der Waals surface area contributed by atoms with Gasteiger partial charge in [0.1, 0.15) is 5.82 Å². The van der Waals surface area contributed by atoms with Gasteiger partial charge in [-0.2, -0.15) is 0 Å². The highest BCUT2D eigenvalue weighted by molar-refractivity contribution is 5.85. The van der Waals surface area contributed by atoms with Crippen molar-refractivity contribution in [1.29, 1.82) is 0 Å². The number of nitrogens with zero attached hydrogens (tertiary/aromatic N) is 2. The summed E-state index contributed by atoms with van der Waals surface area (Å²) in [6, 6.07) is 5.00. The van der Waals surface area contributed by atoms with Gasteiger partial charge in [-0.05, 0) is 25.0 Å². The number of aromatic nitrogens is 1. The van der Waals surface area contributed by atoms with E-state index in [0.29, 0.717) is 5.82 Å². The second-order valence-corrected chi connectivity index (χ2v) is 4.20. The highest BCUT2D eigenvalue weighted by atomic mass is 16.5. The Morgan fingerprint density at radius 1 is 1.65 bits per heavy atom. The Balaban J connectivity index is 2.04. The smallest absolute Gasteiger partial charge is 0.354 e. The SMILES string of the molecule is CN(C[C@H]1CCCO1)c1cccc(C(=O)O)n1. The first-order valence-corrected chi connectivity index (χ1v) is 5.70. The fraction of sp³-hybridized carbons (Fsp3) is 0.500. The van der Waals surface area contributed by atoms with Crippen LogP contribution in [0, 0.1) is 0 Å². The number of aromatic carboxylic acids is 1. The lowest BCUT2D eigenvalue weighted by Crippen LogP contribution is -2.29. The molecule has 92 valence electrons. The third-order valence-corrected chi connectivity index (χ3v) is 2.85. The van der Waals surface area contributed by atoms with Gasteiger partial charge in [-0.3, -0.25) is 0 Å². The number of pyridine rings is 1. The third kappa shape index (κ3) is 2.94. The van der Waals surface area contributed by atoms with Gasteiger partial charge in [-0.15, -0.1) is 0 Å². The van der Waals surface area contributed by atoms with Crippen LogP contribution in [0.25, 0.3) is 0 Å². The summed E-state index contributed by atoms with van der Waals surface area (Å²) in [5, 5.41) is 8.87. The molecule has 17 heavy (non-hydrogen) atoms. The van der Waals surface area contributed by atoms with Crippen molar-refractivity contribution in [3.05, 3.63) is 23.9 Å². The van der Waals surface area contributed by atoms with Crippen LogP contribution < -0.4 is 4.90 Å². The molecule has 0 aliphatic carbocycles. The summed E-state index contributed by atoms with van der Waals surface area (Å²) in [6.07, 6.45) is 2.39. The van der Waals surface area contributed by atoms with Crippen molar-refractivity contribution in [3.63, 3.8) is 0 Å². The highest BCUT2D eigenvalue weighted by Crippen LogP contribution is 2.16. The number of carboxylic acid groups (broad SMARTS) is 1. The number of carboxylic acids is 1. The van der Waals surface area contributed by atoms with Crippen LogP contribution in [-0.4, -0.2) is 42.4 Å². The van der Waals surface area contributed by atoms with Crippen molar-refractivity contribution in [1.82, 2.24) is 4.98 Å². The van der Waals surface area contributed by atoms with E-state index in [0.717, 1.165) is 26.0 Å².